The summed E-state index contributed by atoms with van der Waals surface area (Å²) < 4.78 is 5.25. The van der Waals surface area contributed by atoms with E-state index in [-0.39, 0.29) is 11.9 Å². The van der Waals surface area contributed by atoms with E-state index in [4.69, 9.17) is 4.74 Å². The lowest BCUT2D eigenvalue weighted by molar-refractivity contribution is -0.149. The van der Waals surface area contributed by atoms with Crippen LogP contribution in [0.5, 0.6) is 0 Å². The zero-order valence-electron chi connectivity index (χ0n) is 21.7. The van der Waals surface area contributed by atoms with Gasteiger partial charge in [0, 0.05) is 11.6 Å². The molecule has 1 rings (SSSR count). The highest BCUT2D eigenvalue weighted by molar-refractivity contribution is 5.93. The number of carbonyl (C=O) groups is 3. The van der Waals surface area contributed by atoms with Gasteiger partial charge >= 0.3 is 6.09 Å². The second-order valence-electron chi connectivity index (χ2n) is 10.6. The van der Waals surface area contributed by atoms with E-state index in [2.05, 4.69) is 10.6 Å². The fourth-order valence-electron chi connectivity index (χ4n) is 3.48. The van der Waals surface area contributed by atoms with Gasteiger partial charge in [-0.15, -0.1) is 0 Å². The van der Waals surface area contributed by atoms with E-state index in [1.165, 1.54) is 4.90 Å². The Hall–Kier alpha value is -2.61. The minimum absolute atomic E-state index is 0.143. The highest BCUT2D eigenvalue weighted by Crippen LogP contribution is 2.32. The second kappa shape index (κ2) is 11.0. The Labute approximate surface area is 198 Å². The fraction of sp³-hybridized carbons (Fsp3) is 0.640. The maximum absolute atomic E-state index is 13.7. The van der Waals surface area contributed by atoms with Gasteiger partial charge in [-0.05, 0) is 85.9 Å². The number of aliphatic hydroxyl groups excluding tert-OH is 1. The lowest BCUT2D eigenvalue weighted by Gasteiger charge is -2.43. The maximum atomic E-state index is 13.7. The maximum Gasteiger partial charge on any atom is 0.408 e. The van der Waals surface area contributed by atoms with Crippen molar-refractivity contribution < 1.29 is 24.2 Å². The number of hydrogen-bond donors (Lipinski definition) is 3. The number of ether oxygens (including phenoxy) is 1. The molecule has 1 aromatic carbocycles. The standard InChI is InChI=1S/C25H41N3O5/c1-15(2)26-21(30)20(18-13-11-12-16(3)17(18)4)28(24(5,6)7)22(31)19(14-29)27-23(32)33-25(8,9)10/h11-13,15,19-20,29H,14H2,1-10H3,(H,26,30)(H,27,32). The fourth-order valence-corrected chi connectivity index (χ4v) is 3.48. The van der Waals surface area contributed by atoms with Crippen LogP contribution in [0.25, 0.3) is 0 Å². The van der Waals surface area contributed by atoms with Crippen molar-refractivity contribution in [1.29, 1.82) is 0 Å². The Bertz CT molecular complexity index is 853. The molecule has 0 saturated carbocycles. The first kappa shape index (κ1) is 28.4. The van der Waals surface area contributed by atoms with E-state index in [9.17, 15) is 19.5 Å². The minimum atomic E-state index is -1.28. The van der Waals surface area contributed by atoms with E-state index < -0.39 is 41.8 Å². The average Bonchev–Trinajstić information content (AvgIpc) is 2.63. The van der Waals surface area contributed by atoms with Gasteiger partial charge < -0.3 is 25.4 Å². The Kier molecular flexibility index (Phi) is 9.48. The third-order valence-electron chi connectivity index (χ3n) is 5.01. The number of aliphatic hydroxyl groups is 1. The number of hydrogen-bond acceptors (Lipinski definition) is 5. The monoisotopic (exact) mass is 463 g/mol. The first-order chi connectivity index (χ1) is 15.0. The molecule has 0 aliphatic heterocycles. The molecule has 0 heterocycles. The molecule has 33 heavy (non-hydrogen) atoms. The molecule has 0 fully saturated rings. The molecule has 8 nitrogen and oxygen atoms in total. The van der Waals surface area contributed by atoms with Crippen molar-refractivity contribution in [1.82, 2.24) is 15.5 Å². The number of nitrogens with zero attached hydrogens (tertiary/aromatic N) is 1. The third kappa shape index (κ3) is 8.03. The molecule has 8 heteroatoms. The van der Waals surface area contributed by atoms with Gasteiger partial charge in [0.15, 0.2) is 0 Å². The number of alkyl carbamates (subject to hydrolysis) is 1. The summed E-state index contributed by atoms with van der Waals surface area (Å²) in [5.74, 6) is -0.920. The van der Waals surface area contributed by atoms with Crippen LogP contribution in [-0.2, 0) is 14.3 Å². The van der Waals surface area contributed by atoms with Gasteiger partial charge in [0.1, 0.15) is 17.7 Å². The highest BCUT2D eigenvalue weighted by Gasteiger charge is 2.42. The molecule has 0 aliphatic rings. The van der Waals surface area contributed by atoms with Crippen LogP contribution in [0.15, 0.2) is 18.2 Å². The molecule has 0 aliphatic carbocycles. The molecule has 0 aromatic heterocycles. The van der Waals surface area contributed by atoms with Gasteiger partial charge in [0.05, 0.1) is 6.61 Å². The summed E-state index contributed by atoms with van der Waals surface area (Å²) in [5.41, 5.74) is 0.987. The molecule has 3 N–H and O–H groups in total. The quantitative estimate of drug-likeness (QED) is 0.575. The van der Waals surface area contributed by atoms with Crippen molar-refractivity contribution in [3.05, 3.63) is 34.9 Å². The predicted octanol–water partition coefficient (Wildman–Crippen LogP) is 3.38. The van der Waals surface area contributed by atoms with Crippen molar-refractivity contribution in [3.63, 3.8) is 0 Å². The topological polar surface area (TPSA) is 108 Å². The first-order valence-electron chi connectivity index (χ1n) is 11.3. The molecule has 2 unspecified atom stereocenters. The number of aryl methyl sites for hydroxylation is 1. The zero-order chi connectivity index (χ0) is 25.7. The summed E-state index contributed by atoms with van der Waals surface area (Å²) in [6.07, 6.45) is -0.821. The van der Waals surface area contributed by atoms with Crippen molar-refractivity contribution in [2.24, 2.45) is 0 Å². The molecule has 3 amide bonds. The van der Waals surface area contributed by atoms with Crippen molar-refractivity contribution in [2.75, 3.05) is 6.61 Å². The summed E-state index contributed by atoms with van der Waals surface area (Å²) >= 11 is 0. The van der Waals surface area contributed by atoms with Crippen LogP contribution in [0.2, 0.25) is 0 Å². The predicted molar refractivity (Wildman–Crippen MR) is 129 cm³/mol. The number of carbonyl (C=O) groups excluding carboxylic acids is 3. The van der Waals surface area contributed by atoms with Gasteiger partial charge in [-0.1, -0.05) is 18.2 Å². The third-order valence-corrected chi connectivity index (χ3v) is 5.01. The van der Waals surface area contributed by atoms with Crippen LogP contribution >= 0.6 is 0 Å². The SMILES string of the molecule is Cc1cccc(C(C(=O)NC(C)C)N(C(=O)C(CO)NC(=O)OC(C)(C)C)C(C)(C)C)c1C. The number of nitrogens with one attached hydrogen (secondary N) is 2. The highest BCUT2D eigenvalue weighted by atomic mass is 16.6. The van der Waals surface area contributed by atoms with Gasteiger partial charge in [-0.3, -0.25) is 9.59 Å². The summed E-state index contributed by atoms with van der Waals surface area (Å²) in [6.45, 7) is 17.5. The van der Waals surface area contributed by atoms with Crippen LogP contribution in [0.4, 0.5) is 4.79 Å². The van der Waals surface area contributed by atoms with Crippen LogP contribution in [0, 0.1) is 13.8 Å². The van der Waals surface area contributed by atoms with Crippen LogP contribution in [-0.4, -0.2) is 57.7 Å². The summed E-state index contributed by atoms with van der Waals surface area (Å²) in [5, 5.41) is 15.3. The van der Waals surface area contributed by atoms with Crippen LogP contribution in [0.1, 0.15) is 78.1 Å². The molecular weight excluding hydrogens is 422 g/mol. The summed E-state index contributed by atoms with van der Waals surface area (Å²) in [4.78, 5) is 41.0. The molecule has 0 radical (unpaired) electrons. The molecule has 0 spiro atoms. The minimum Gasteiger partial charge on any atom is -0.444 e. The van der Waals surface area contributed by atoms with E-state index >= 15 is 0 Å². The molecule has 2 atom stereocenters. The lowest BCUT2D eigenvalue weighted by Crippen LogP contribution is -2.60. The first-order valence-corrected chi connectivity index (χ1v) is 11.3. The van der Waals surface area contributed by atoms with E-state index in [1.807, 2.05) is 66.7 Å². The second-order valence-corrected chi connectivity index (χ2v) is 10.6. The van der Waals surface area contributed by atoms with Crippen LogP contribution in [0.3, 0.4) is 0 Å². The van der Waals surface area contributed by atoms with Crippen molar-refractivity contribution in [3.8, 4) is 0 Å². The largest absolute Gasteiger partial charge is 0.444 e. The zero-order valence-corrected chi connectivity index (χ0v) is 21.7. The Morgan fingerprint density at radius 3 is 2.06 bits per heavy atom. The van der Waals surface area contributed by atoms with Crippen molar-refractivity contribution >= 4 is 17.9 Å². The Morgan fingerprint density at radius 2 is 1.61 bits per heavy atom. The average molecular weight is 464 g/mol. The van der Waals surface area contributed by atoms with Gasteiger partial charge in [-0.25, -0.2) is 4.79 Å². The van der Waals surface area contributed by atoms with Crippen LogP contribution < -0.4 is 10.6 Å². The normalized spacial score (nSPS) is 13.8. The number of benzene rings is 1. The Morgan fingerprint density at radius 1 is 1.03 bits per heavy atom. The molecule has 0 bridgehead atoms. The van der Waals surface area contributed by atoms with Crippen molar-refractivity contribution in [2.45, 2.75) is 98.5 Å². The number of rotatable bonds is 7. The number of amides is 3. The van der Waals surface area contributed by atoms with Gasteiger partial charge in [0.2, 0.25) is 11.8 Å². The summed E-state index contributed by atoms with van der Waals surface area (Å²) in [7, 11) is 0. The molecule has 0 saturated heterocycles. The Balaban J connectivity index is 3.55. The van der Waals surface area contributed by atoms with Gasteiger partial charge in [-0.2, -0.15) is 0 Å². The molecule has 186 valence electrons. The molecular formula is C25H41N3O5. The van der Waals surface area contributed by atoms with E-state index in [0.29, 0.717) is 5.56 Å². The van der Waals surface area contributed by atoms with Gasteiger partial charge in [0.25, 0.3) is 0 Å². The van der Waals surface area contributed by atoms with E-state index in [1.54, 1.807) is 20.8 Å². The molecule has 1 aromatic rings. The lowest BCUT2D eigenvalue weighted by atomic mass is 9.91. The van der Waals surface area contributed by atoms with E-state index in [0.717, 1.165) is 11.1 Å². The summed E-state index contributed by atoms with van der Waals surface area (Å²) in [6, 6.07) is 3.23. The smallest absolute Gasteiger partial charge is 0.408 e.